The van der Waals surface area contributed by atoms with Crippen LogP contribution in [0.5, 0.6) is 5.75 Å². The number of hydrogen-bond acceptors (Lipinski definition) is 3. The van der Waals surface area contributed by atoms with E-state index in [4.69, 9.17) is 4.74 Å². The van der Waals surface area contributed by atoms with Crippen molar-refractivity contribution in [3.05, 3.63) is 97.2 Å². The lowest BCUT2D eigenvalue weighted by molar-refractivity contribution is -0.112. The molecule has 0 saturated carbocycles. The van der Waals surface area contributed by atoms with Crippen LogP contribution < -0.4 is 10.1 Å². The molecule has 0 aliphatic rings. The van der Waals surface area contributed by atoms with E-state index in [1.54, 1.807) is 30.3 Å². The van der Waals surface area contributed by atoms with Crippen LogP contribution in [-0.2, 0) is 11.4 Å². The molecule has 0 saturated heterocycles. The molecule has 3 aromatic carbocycles. The van der Waals surface area contributed by atoms with Crippen LogP contribution in [-0.4, -0.2) is 5.91 Å². The third-order valence-electron chi connectivity index (χ3n) is 4.83. The molecule has 3 rings (SSSR count). The van der Waals surface area contributed by atoms with E-state index in [0.717, 1.165) is 15.6 Å². The highest BCUT2D eigenvalue weighted by atomic mass is 79.9. The summed E-state index contributed by atoms with van der Waals surface area (Å²) < 4.78 is 20.8. The summed E-state index contributed by atoms with van der Waals surface area (Å²) in [4.78, 5) is 12.8. The van der Waals surface area contributed by atoms with Gasteiger partial charge in [-0.25, -0.2) is 4.39 Å². The standard InChI is InChI=1S/C25H19Br2FN2O2/c1-15-5-3-8-23(16(15)2)30-25(31)19(13-29)10-18-11-20(26)12-22(27)24(18)32-14-17-6-4-7-21(28)9-17/h3-12H,14H2,1-2H3,(H,30,31)/b19-10+. The Morgan fingerprint density at radius 2 is 1.91 bits per heavy atom. The second kappa shape index (κ2) is 10.6. The zero-order valence-corrected chi connectivity index (χ0v) is 20.6. The SMILES string of the molecule is Cc1cccc(NC(=O)/C(C#N)=C/c2cc(Br)cc(Br)c2OCc2cccc(F)c2)c1C. The Hall–Kier alpha value is -2.95. The highest BCUT2D eigenvalue weighted by Crippen LogP contribution is 2.35. The van der Waals surface area contributed by atoms with Gasteiger partial charge >= 0.3 is 0 Å². The molecule has 7 heteroatoms. The van der Waals surface area contributed by atoms with Gasteiger partial charge in [0.15, 0.2) is 0 Å². The number of anilines is 1. The van der Waals surface area contributed by atoms with Crippen molar-refractivity contribution in [3.63, 3.8) is 0 Å². The van der Waals surface area contributed by atoms with Crippen molar-refractivity contribution in [1.29, 1.82) is 5.26 Å². The molecule has 0 aliphatic heterocycles. The maximum Gasteiger partial charge on any atom is 0.266 e. The van der Waals surface area contributed by atoms with Gasteiger partial charge in [0, 0.05) is 15.7 Å². The number of carbonyl (C=O) groups excluding carboxylic acids is 1. The molecule has 0 bridgehead atoms. The Kier molecular flexibility index (Phi) is 7.84. The number of carbonyl (C=O) groups is 1. The number of benzene rings is 3. The van der Waals surface area contributed by atoms with E-state index < -0.39 is 5.91 Å². The first-order chi connectivity index (χ1) is 15.3. The van der Waals surface area contributed by atoms with Crippen LogP contribution in [0.3, 0.4) is 0 Å². The maximum absolute atomic E-state index is 13.5. The molecule has 0 unspecified atom stereocenters. The van der Waals surface area contributed by atoms with Crippen LogP contribution >= 0.6 is 31.9 Å². The Morgan fingerprint density at radius 1 is 1.16 bits per heavy atom. The fourth-order valence-electron chi connectivity index (χ4n) is 3.00. The molecular formula is C25H19Br2FN2O2. The predicted octanol–water partition coefficient (Wildman–Crippen LogP) is 7.09. The van der Waals surface area contributed by atoms with Gasteiger partial charge in [0.25, 0.3) is 5.91 Å². The Labute approximate surface area is 203 Å². The first-order valence-corrected chi connectivity index (χ1v) is 11.2. The highest BCUT2D eigenvalue weighted by molar-refractivity contribution is 9.11. The summed E-state index contributed by atoms with van der Waals surface area (Å²) in [7, 11) is 0. The van der Waals surface area contributed by atoms with Gasteiger partial charge in [-0.1, -0.05) is 40.2 Å². The summed E-state index contributed by atoms with van der Waals surface area (Å²) in [6, 6.07) is 17.2. The normalized spacial score (nSPS) is 11.1. The van der Waals surface area contributed by atoms with Crippen LogP contribution in [0.4, 0.5) is 10.1 Å². The van der Waals surface area contributed by atoms with Crippen LogP contribution in [0.15, 0.2) is 69.1 Å². The third-order valence-corrected chi connectivity index (χ3v) is 5.87. The molecule has 0 aromatic heterocycles. The Balaban J connectivity index is 1.91. The summed E-state index contributed by atoms with van der Waals surface area (Å²) in [5.74, 6) is -0.436. The third kappa shape index (κ3) is 5.84. The minimum atomic E-state index is -0.520. The van der Waals surface area contributed by atoms with Crippen LogP contribution in [0, 0.1) is 31.0 Å². The molecule has 0 atom stereocenters. The van der Waals surface area contributed by atoms with E-state index >= 15 is 0 Å². The quantitative estimate of drug-likeness (QED) is 0.260. The summed E-state index contributed by atoms with van der Waals surface area (Å²) in [6.45, 7) is 3.98. The van der Waals surface area contributed by atoms with Crippen LogP contribution in [0.1, 0.15) is 22.3 Å². The molecule has 4 nitrogen and oxygen atoms in total. The molecule has 3 aromatic rings. The van der Waals surface area contributed by atoms with Gasteiger partial charge in [0.1, 0.15) is 29.8 Å². The summed E-state index contributed by atoms with van der Waals surface area (Å²) >= 11 is 6.89. The molecular weight excluding hydrogens is 539 g/mol. The van der Waals surface area contributed by atoms with Crippen molar-refractivity contribution in [2.45, 2.75) is 20.5 Å². The number of ether oxygens (including phenoxy) is 1. The first kappa shape index (κ1) is 23.7. The number of halogens is 3. The molecule has 0 aliphatic carbocycles. The lowest BCUT2D eigenvalue weighted by Gasteiger charge is -2.13. The Morgan fingerprint density at radius 3 is 2.62 bits per heavy atom. The van der Waals surface area contributed by atoms with Crippen LogP contribution in [0.25, 0.3) is 6.08 Å². The molecule has 1 amide bonds. The van der Waals surface area contributed by atoms with Gasteiger partial charge in [0.05, 0.1) is 4.47 Å². The molecule has 1 N–H and O–H groups in total. The number of aryl methyl sites for hydroxylation is 1. The van der Waals surface area contributed by atoms with Crippen molar-refractivity contribution in [2.24, 2.45) is 0 Å². The largest absolute Gasteiger partial charge is 0.487 e. The van der Waals surface area contributed by atoms with E-state index in [-0.39, 0.29) is 18.0 Å². The average Bonchev–Trinajstić information content (AvgIpc) is 2.74. The molecule has 0 heterocycles. The van der Waals surface area contributed by atoms with Crippen LogP contribution in [0.2, 0.25) is 0 Å². The van der Waals surface area contributed by atoms with Crippen molar-refractivity contribution >= 4 is 49.5 Å². The maximum atomic E-state index is 13.5. The minimum Gasteiger partial charge on any atom is -0.487 e. The van der Waals surface area contributed by atoms with Gasteiger partial charge in [0.2, 0.25) is 0 Å². The van der Waals surface area contributed by atoms with E-state index in [1.165, 1.54) is 18.2 Å². The highest BCUT2D eigenvalue weighted by Gasteiger charge is 2.15. The fourth-order valence-corrected chi connectivity index (χ4v) is 4.38. The van der Waals surface area contributed by atoms with Gasteiger partial charge in [-0.2, -0.15) is 5.26 Å². The van der Waals surface area contributed by atoms with E-state index in [0.29, 0.717) is 27.0 Å². The number of amides is 1. The lowest BCUT2D eigenvalue weighted by Crippen LogP contribution is -2.14. The number of rotatable bonds is 6. The predicted molar refractivity (Wildman–Crippen MR) is 131 cm³/mol. The van der Waals surface area contributed by atoms with Gasteiger partial charge in [-0.05, 0) is 82.9 Å². The van der Waals surface area contributed by atoms with E-state index in [9.17, 15) is 14.4 Å². The zero-order chi connectivity index (χ0) is 23.3. The van der Waals surface area contributed by atoms with Crippen molar-refractivity contribution in [1.82, 2.24) is 0 Å². The van der Waals surface area contributed by atoms with Crippen molar-refractivity contribution in [2.75, 3.05) is 5.32 Å². The smallest absolute Gasteiger partial charge is 0.266 e. The Bertz CT molecular complexity index is 1250. The summed E-state index contributed by atoms with van der Waals surface area (Å²) in [5.41, 5.74) is 3.72. The number of nitrogens with zero attached hydrogens (tertiary/aromatic N) is 1. The number of nitriles is 1. The molecule has 0 fully saturated rings. The number of hydrogen-bond donors (Lipinski definition) is 1. The second-order valence-electron chi connectivity index (χ2n) is 7.10. The molecule has 32 heavy (non-hydrogen) atoms. The minimum absolute atomic E-state index is 0.0773. The second-order valence-corrected chi connectivity index (χ2v) is 8.87. The van der Waals surface area contributed by atoms with E-state index in [1.807, 2.05) is 32.0 Å². The summed E-state index contributed by atoms with van der Waals surface area (Å²) in [6.07, 6.45) is 1.47. The van der Waals surface area contributed by atoms with E-state index in [2.05, 4.69) is 37.2 Å². The molecule has 0 radical (unpaired) electrons. The van der Waals surface area contributed by atoms with Gasteiger partial charge in [-0.3, -0.25) is 4.79 Å². The number of nitrogens with one attached hydrogen (secondary N) is 1. The van der Waals surface area contributed by atoms with Gasteiger partial charge in [-0.15, -0.1) is 0 Å². The van der Waals surface area contributed by atoms with Crippen molar-refractivity contribution in [3.8, 4) is 11.8 Å². The molecule has 162 valence electrons. The fraction of sp³-hybridized carbons (Fsp3) is 0.120. The van der Waals surface area contributed by atoms with Crippen molar-refractivity contribution < 1.29 is 13.9 Å². The monoisotopic (exact) mass is 556 g/mol. The average molecular weight is 558 g/mol. The lowest BCUT2D eigenvalue weighted by atomic mass is 10.1. The topological polar surface area (TPSA) is 62.1 Å². The molecule has 0 spiro atoms. The summed E-state index contributed by atoms with van der Waals surface area (Å²) in [5, 5.41) is 12.4. The first-order valence-electron chi connectivity index (χ1n) is 9.64. The van der Waals surface area contributed by atoms with Gasteiger partial charge < -0.3 is 10.1 Å². The zero-order valence-electron chi connectivity index (χ0n) is 17.4.